The van der Waals surface area contributed by atoms with Crippen molar-refractivity contribution in [1.29, 1.82) is 0 Å². The first-order chi connectivity index (χ1) is 18.2. The van der Waals surface area contributed by atoms with Crippen LogP contribution in [0.1, 0.15) is 43.9 Å². The number of nitrogens with zero attached hydrogens (tertiary/aromatic N) is 5. The average molecular weight is 517 g/mol. The van der Waals surface area contributed by atoms with Crippen LogP contribution in [0.5, 0.6) is 5.75 Å². The largest absolute Gasteiger partial charge is 0.492 e. The highest BCUT2D eigenvalue weighted by molar-refractivity contribution is 5.77. The molecule has 7 nitrogen and oxygen atoms in total. The van der Waals surface area contributed by atoms with Crippen molar-refractivity contribution in [2.45, 2.75) is 47.2 Å². The molecule has 2 aliphatic rings. The Hall–Kier alpha value is -3.03. The number of para-hydroxylation sites is 2. The predicted octanol–water partition coefficient (Wildman–Crippen LogP) is 5.42. The number of fused-ring (bicyclic) bond motifs is 2. The van der Waals surface area contributed by atoms with Gasteiger partial charge in [-0.05, 0) is 54.6 Å². The smallest absolute Gasteiger partial charge is 0.133 e. The van der Waals surface area contributed by atoms with Crippen LogP contribution in [0.3, 0.4) is 0 Å². The number of aryl methyl sites for hydroxylation is 2. The van der Waals surface area contributed by atoms with Crippen molar-refractivity contribution in [3.8, 4) is 5.75 Å². The Morgan fingerprint density at radius 2 is 1.71 bits per heavy atom. The molecule has 1 aromatic heterocycles. The van der Waals surface area contributed by atoms with Crippen molar-refractivity contribution < 1.29 is 4.74 Å². The topological polar surface area (TPSA) is 48.8 Å². The van der Waals surface area contributed by atoms with Crippen LogP contribution in [-0.4, -0.2) is 65.5 Å². The van der Waals surface area contributed by atoms with Gasteiger partial charge in [-0.25, -0.2) is 0 Å². The number of nitrogens with one attached hydrogen (secondary N) is 1. The summed E-state index contributed by atoms with van der Waals surface area (Å²) in [5, 5.41) is 8.05. The van der Waals surface area contributed by atoms with E-state index in [1.54, 1.807) is 0 Å². The monoisotopic (exact) mass is 516 g/mol. The van der Waals surface area contributed by atoms with E-state index in [1.807, 2.05) is 17.9 Å². The summed E-state index contributed by atoms with van der Waals surface area (Å²) in [6, 6.07) is 15.1. The van der Waals surface area contributed by atoms with Crippen molar-refractivity contribution in [1.82, 2.24) is 19.6 Å². The molecule has 0 amide bonds. The maximum Gasteiger partial charge on any atom is 0.133 e. The zero-order valence-electron chi connectivity index (χ0n) is 23.8. The van der Waals surface area contributed by atoms with Gasteiger partial charge in [-0.15, -0.1) is 0 Å². The zero-order valence-corrected chi connectivity index (χ0v) is 23.8. The Kier molecular flexibility index (Phi) is 7.96. The van der Waals surface area contributed by atoms with E-state index >= 15 is 0 Å². The summed E-state index contributed by atoms with van der Waals surface area (Å²) < 4.78 is 8.15. The fraction of sp³-hybridized carbons (Fsp3) is 0.516. The molecule has 0 saturated carbocycles. The first-order valence-corrected chi connectivity index (χ1v) is 14.0. The fourth-order valence-corrected chi connectivity index (χ4v) is 5.38. The molecule has 0 unspecified atom stereocenters. The van der Waals surface area contributed by atoms with Gasteiger partial charge in [-0.2, -0.15) is 5.10 Å². The van der Waals surface area contributed by atoms with E-state index in [0.29, 0.717) is 5.41 Å². The minimum atomic E-state index is 0.413. The van der Waals surface area contributed by atoms with Gasteiger partial charge < -0.3 is 19.9 Å². The molecule has 3 aromatic rings. The van der Waals surface area contributed by atoms with Crippen LogP contribution in [-0.2, 0) is 20.1 Å². The summed E-state index contributed by atoms with van der Waals surface area (Å²) in [6.07, 6.45) is 3.23. The lowest BCUT2D eigenvalue weighted by Gasteiger charge is -2.35. The highest BCUT2D eigenvalue weighted by Crippen LogP contribution is 2.36. The lowest BCUT2D eigenvalue weighted by atomic mass is 9.92. The highest BCUT2D eigenvalue weighted by Gasteiger charge is 2.22. The van der Waals surface area contributed by atoms with Crippen molar-refractivity contribution in [3.63, 3.8) is 0 Å². The van der Waals surface area contributed by atoms with E-state index in [1.165, 1.54) is 48.4 Å². The lowest BCUT2D eigenvalue weighted by Crippen LogP contribution is -2.48. The third kappa shape index (κ3) is 6.51. The van der Waals surface area contributed by atoms with Crippen molar-refractivity contribution >= 4 is 17.2 Å². The molecule has 0 spiro atoms. The van der Waals surface area contributed by atoms with Gasteiger partial charge in [-0.3, -0.25) is 9.58 Å². The Bertz CT molecular complexity index is 1220. The van der Waals surface area contributed by atoms with Crippen LogP contribution >= 0.6 is 0 Å². The highest BCUT2D eigenvalue weighted by atomic mass is 16.5. The van der Waals surface area contributed by atoms with E-state index in [0.717, 1.165) is 56.6 Å². The van der Waals surface area contributed by atoms with E-state index in [2.05, 4.69) is 95.3 Å². The SMILES string of the molecule is Cc1cc(CN2Cc3cnn(C)c3Nc3ccccc32)ccc1OCCN1CCN(CCC(C)(C)C)CC1. The normalized spacial score (nSPS) is 16.5. The van der Waals surface area contributed by atoms with Gasteiger partial charge >= 0.3 is 0 Å². The standard InChI is InChI=1S/C31H44N6O/c1-24-20-25(22-37-23-26-21-32-34(5)30(26)33-27-8-6-7-9-28(27)37)10-11-29(24)38-19-18-36-16-14-35(15-17-36)13-12-31(2,3)4/h6-11,20-21,33H,12-19,22-23H2,1-5H3. The van der Waals surface area contributed by atoms with E-state index in [9.17, 15) is 0 Å². The Balaban J connectivity index is 1.14. The number of piperazine rings is 1. The second kappa shape index (κ2) is 11.4. The number of benzene rings is 2. The molecule has 204 valence electrons. The second-order valence-electron chi connectivity index (χ2n) is 12.1. The first-order valence-electron chi connectivity index (χ1n) is 14.0. The molecule has 7 heteroatoms. The molecule has 0 aliphatic carbocycles. The van der Waals surface area contributed by atoms with Gasteiger partial charge in [0.2, 0.25) is 0 Å². The number of rotatable bonds is 8. The van der Waals surface area contributed by atoms with Crippen molar-refractivity contribution in [2.24, 2.45) is 12.5 Å². The van der Waals surface area contributed by atoms with Crippen LogP contribution in [0, 0.1) is 12.3 Å². The van der Waals surface area contributed by atoms with E-state index in [4.69, 9.17) is 4.74 Å². The minimum Gasteiger partial charge on any atom is -0.492 e. The second-order valence-corrected chi connectivity index (χ2v) is 12.1. The fourth-order valence-electron chi connectivity index (χ4n) is 5.38. The van der Waals surface area contributed by atoms with Gasteiger partial charge in [0.05, 0.1) is 17.6 Å². The quantitative estimate of drug-likeness (QED) is 0.431. The first kappa shape index (κ1) is 26.6. The Morgan fingerprint density at radius 1 is 0.974 bits per heavy atom. The summed E-state index contributed by atoms with van der Waals surface area (Å²) in [7, 11) is 1.99. The molecule has 38 heavy (non-hydrogen) atoms. The maximum atomic E-state index is 6.24. The van der Waals surface area contributed by atoms with Gasteiger partial charge in [-0.1, -0.05) is 45.0 Å². The lowest BCUT2D eigenvalue weighted by molar-refractivity contribution is 0.108. The summed E-state index contributed by atoms with van der Waals surface area (Å²) in [5.41, 5.74) is 6.41. The summed E-state index contributed by atoms with van der Waals surface area (Å²) >= 11 is 0. The molecule has 0 radical (unpaired) electrons. The molecule has 0 atom stereocenters. The minimum absolute atomic E-state index is 0.413. The van der Waals surface area contributed by atoms with Crippen LogP contribution in [0.15, 0.2) is 48.7 Å². The molecular formula is C31H44N6O. The average Bonchev–Trinajstić information content (AvgIpc) is 3.14. The zero-order chi connectivity index (χ0) is 26.7. The summed E-state index contributed by atoms with van der Waals surface area (Å²) in [4.78, 5) is 7.57. The number of hydrogen-bond acceptors (Lipinski definition) is 6. The summed E-state index contributed by atoms with van der Waals surface area (Å²) in [6.45, 7) is 18.3. The van der Waals surface area contributed by atoms with Crippen molar-refractivity contribution in [3.05, 3.63) is 65.4 Å². The Morgan fingerprint density at radius 3 is 2.45 bits per heavy atom. The molecule has 3 heterocycles. The number of ether oxygens (including phenoxy) is 1. The number of anilines is 3. The molecular weight excluding hydrogens is 472 g/mol. The number of hydrogen-bond donors (Lipinski definition) is 1. The predicted molar refractivity (Wildman–Crippen MR) is 156 cm³/mol. The molecule has 1 fully saturated rings. The molecule has 2 aliphatic heterocycles. The summed E-state index contributed by atoms with van der Waals surface area (Å²) in [5.74, 6) is 2.05. The van der Waals surface area contributed by atoms with Gasteiger partial charge in [0.15, 0.2) is 0 Å². The van der Waals surface area contributed by atoms with Gasteiger partial charge in [0.1, 0.15) is 18.2 Å². The van der Waals surface area contributed by atoms with E-state index < -0.39 is 0 Å². The molecule has 5 rings (SSSR count). The Labute approximate surface area is 228 Å². The molecule has 2 aromatic carbocycles. The molecule has 0 bridgehead atoms. The van der Waals surface area contributed by atoms with Gasteiger partial charge in [0, 0.05) is 58.4 Å². The van der Waals surface area contributed by atoms with Crippen LogP contribution in [0.2, 0.25) is 0 Å². The third-order valence-corrected chi connectivity index (χ3v) is 7.79. The number of aromatic nitrogens is 2. The molecule has 1 saturated heterocycles. The third-order valence-electron chi connectivity index (χ3n) is 7.79. The maximum absolute atomic E-state index is 6.24. The molecule has 1 N–H and O–H groups in total. The van der Waals surface area contributed by atoms with Crippen molar-refractivity contribution in [2.75, 3.05) is 56.1 Å². The van der Waals surface area contributed by atoms with Crippen LogP contribution in [0.25, 0.3) is 0 Å². The van der Waals surface area contributed by atoms with Gasteiger partial charge in [0.25, 0.3) is 0 Å². The van der Waals surface area contributed by atoms with E-state index in [-0.39, 0.29) is 0 Å². The van der Waals surface area contributed by atoms with Crippen LogP contribution in [0.4, 0.5) is 17.2 Å². The van der Waals surface area contributed by atoms with Crippen LogP contribution < -0.4 is 15.0 Å².